The van der Waals surface area contributed by atoms with E-state index in [2.05, 4.69) is 0 Å². The Balaban J connectivity index is 2.21. The van der Waals surface area contributed by atoms with Crippen molar-refractivity contribution in [3.8, 4) is 0 Å². The SMILES string of the molecule is C[C@H](N)C(=O)N1CCC[C@H]1C(=O)c1c(C(F)(F)F)c2ccc(N)cc2oc1=O. The predicted molar refractivity (Wildman–Crippen MR) is 94.6 cm³/mol. The molecule has 1 aliphatic rings. The number of amides is 1. The number of halogens is 3. The number of fused-ring (bicyclic) bond motifs is 1. The number of benzene rings is 1. The second kappa shape index (κ2) is 6.93. The Morgan fingerprint density at radius 1 is 1.32 bits per heavy atom. The van der Waals surface area contributed by atoms with Crippen LogP contribution >= 0.6 is 0 Å². The summed E-state index contributed by atoms with van der Waals surface area (Å²) in [5, 5.41) is -0.451. The maximum Gasteiger partial charge on any atom is 0.418 e. The van der Waals surface area contributed by atoms with E-state index in [9.17, 15) is 27.6 Å². The van der Waals surface area contributed by atoms with E-state index in [1.54, 1.807) is 0 Å². The lowest BCUT2D eigenvalue weighted by molar-refractivity contribution is -0.136. The molecule has 4 N–H and O–H groups in total. The molecule has 1 aromatic heterocycles. The summed E-state index contributed by atoms with van der Waals surface area (Å²) in [6.45, 7) is 1.59. The number of anilines is 1. The van der Waals surface area contributed by atoms with Crippen molar-refractivity contribution in [2.24, 2.45) is 5.73 Å². The largest absolute Gasteiger partial charge is 0.422 e. The minimum Gasteiger partial charge on any atom is -0.422 e. The van der Waals surface area contributed by atoms with Crippen LogP contribution in [0, 0.1) is 0 Å². The van der Waals surface area contributed by atoms with Crippen molar-refractivity contribution in [3.63, 3.8) is 0 Å². The molecule has 2 atom stereocenters. The zero-order valence-electron chi connectivity index (χ0n) is 14.9. The van der Waals surface area contributed by atoms with E-state index in [1.807, 2.05) is 0 Å². The Bertz CT molecular complexity index is 1010. The summed E-state index contributed by atoms with van der Waals surface area (Å²) in [7, 11) is 0. The number of carbonyl (C=O) groups excluding carboxylic acids is 2. The van der Waals surface area contributed by atoms with Gasteiger partial charge in [0.05, 0.1) is 17.6 Å². The van der Waals surface area contributed by atoms with Gasteiger partial charge in [-0.3, -0.25) is 9.59 Å². The van der Waals surface area contributed by atoms with Crippen molar-refractivity contribution in [2.75, 3.05) is 12.3 Å². The first-order valence-corrected chi connectivity index (χ1v) is 8.56. The zero-order valence-corrected chi connectivity index (χ0v) is 14.9. The molecule has 2 heterocycles. The Morgan fingerprint density at radius 3 is 2.61 bits per heavy atom. The molecule has 2 aromatic rings. The molecule has 10 heteroatoms. The molecule has 3 rings (SSSR count). The molecule has 28 heavy (non-hydrogen) atoms. The maximum absolute atomic E-state index is 13.8. The second-order valence-electron chi connectivity index (χ2n) is 6.74. The van der Waals surface area contributed by atoms with Crippen molar-refractivity contribution in [1.82, 2.24) is 4.90 Å². The van der Waals surface area contributed by atoms with Gasteiger partial charge in [0.25, 0.3) is 0 Å². The number of alkyl halides is 3. The second-order valence-corrected chi connectivity index (χ2v) is 6.74. The topological polar surface area (TPSA) is 120 Å². The van der Waals surface area contributed by atoms with Crippen LogP contribution in [0.4, 0.5) is 18.9 Å². The van der Waals surface area contributed by atoms with Crippen LogP contribution in [-0.2, 0) is 11.0 Å². The molecule has 0 radical (unpaired) electrons. The van der Waals surface area contributed by atoms with Crippen molar-refractivity contribution >= 4 is 28.3 Å². The highest BCUT2D eigenvalue weighted by molar-refractivity contribution is 6.06. The summed E-state index contributed by atoms with van der Waals surface area (Å²) in [6.07, 6.45) is -4.45. The number of hydrogen-bond donors (Lipinski definition) is 2. The monoisotopic (exact) mass is 397 g/mol. The van der Waals surface area contributed by atoms with Crippen molar-refractivity contribution in [1.29, 1.82) is 0 Å². The molecule has 0 bridgehead atoms. The number of rotatable bonds is 3. The van der Waals surface area contributed by atoms with E-state index in [0.29, 0.717) is 6.42 Å². The molecule has 0 unspecified atom stereocenters. The third-order valence-electron chi connectivity index (χ3n) is 4.69. The summed E-state index contributed by atoms with van der Waals surface area (Å²) >= 11 is 0. The number of nitrogens with two attached hydrogens (primary N) is 2. The Hall–Kier alpha value is -2.88. The maximum atomic E-state index is 13.8. The lowest BCUT2D eigenvalue weighted by atomic mass is 9.95. The normalized spacial score (nSPS) is 18.5. The highest BCUT2D eigenvalue weighted by atomic mass is 19.4. The number of carbonyl (C=O) groups is 2. The molecule has 1 saturated heterocycles. The molecule has 1 aliphatic heterocycles. The number of Topliss-reactive ketones (excluding diaryl/α,β-unsaturated/α-hetero) is 1. The van der Waals surface area contributed by atoms with Crippen molar-refractivity contribution < 1.29 is 27.2 Å². The average Bonchev–Trinajstić information content (AvgIpc) is 3.07. The Labute approximate surface area is 157 Å². The number of nitrogen functional groups attached to an aromatic ring is 1. The molecule has 7 nitrogen and oxygen atoms in total. The predicted octanol–water partition coefficient (Wildman–Crippen LogP) is 1.91. The molecule has 150 valence electrons. The first-order valence-electron chi connectivity index (χ1n) is 8.56. The first-order chi connectivity index (χ1) is 13.0. The van der Waals surface area contributed by atoms with Gasteiger partial charge in [-0.25, -0.2) is 4.79 Å². The van der Waals surface area contributed by atoms with Crippen LogP contribution in [0.2, 0.25) is 0 Å². The van der Waals surface area contributed by atoms with Gasteiger partial charge in [0.1, 0.15) is 11.1 Å². The molecule has 0 aliphatic carbocycles. The molecular formula is C18H18F3N3O4. The van der Waals surface area contributed by atoms with E-state index in [4.69, 9.17) is 15.9 Å². The fraction of sp³-hybridized carbons (Fsp3) is 0.389. The number of nitrogens with zero attached hydrogens (tertiary/aromatic N) is 1. The van der Waals surface area contributed by atoms with Gasteiger partial charge in [0.2, 0.25) is 5.91 Å². The highest BCUT2D eigenvalue weighted by Gasteiger charge is 2.44. The lowest BCUT2D eigenvalue weighted by Gasteiger charge is -2.26. The van der Waals surface area contributed by atoms with Crippen LogP contribution < -0.4 is 17.1 Å². The minimum absolute atomic E-state index is 0.104. The summed E-state index contributed by atoms with van der Waals surface area (Å²) in [5.41, 5.74) is 6.92. The highest BCUT2D eigenvalue weighted by Crippen LogP contribution is 2.38. The van der Waals surface area contributed by atoms with Gasteiger partial charge in [-0.15, -0.1) is 0 Å². The van der Waals surface area contributed by atoms with Crippen LogP contribution in [-0.4, -0.2) is 35.2 Å². The molecule has 1 fully saturated rings. The number of likely N-dealkylation sites (tertiary alicyclic amines) is 1. The van der Waals surface area contributed by atoms with E-state index in [1.165, 1.54) is 13.0 Å². The lowest BCUT2D eigenvalue weighted by Crippen LogP contribution is -2.48. The molecular weight excluding hydrogens is 379 g/mol. The van der Waals surface area contributed by atoms with Gasteiger partial charge in [0.15, 0.2) is 5.78 Å². The molecule has 1 amide bonds. The van der Waals surface area contributed by atoms with E-state index < -0.39 is 52.1 Å². The van der Waals surface area contributed by atoms with E-state index >= 15 is 0 Å². The van der Waals surface area contributed by atoms with Gasteiger partial charge >= 0.3 is 11.8 Å². The van der Waals surface area contributed by atoms with Crippen LogP contribution in [0.1, 0.15) is 35.7 Å². The van der Waals surface area contributed by atoms with E-state index in [0.717, 1.165) is 17.0 Å². The van der Waals surface area contributed by atoms with Gasteiger partial charge < -0.3 is 20.8 Å². The quantitative estimate of drug-likeness (QED) is 0.464. The standard InChI is InChI=1S/C18H18F3N3O4/c1-8(22)16(26)24-6-2-3-11(24)15(25)13-14(18(19,20)21)10-5-4-9(23)7-12(10)28-17(13)27/h4-5,7-8,11H,2-3,6,22-23H2,1H3/t8-,11-/m0/s1. The smallest absolute Gasteiger partial charge is 0.418 e. The van der Waals surface area contributed by atoms with Gasteiger partial charge in [-0.05, 0) is 31.9 Å². The summed E-state index contributed by atoms with van der Waals surface area (Å²) in [6, 6.07) is 1.22. The van der Waals surface area contributed by atoms with Gasteiger partial charge in [-0.1, -0.05) is 0 Å². The van der Waals surface area contributed by atoms with Crippen molar-refractivity contribution in [3.05, 3.63) is 39.7 Å². The third kappa shape index (κ3) is 3.35. The van der Waals surface area contributed by atoms with Crippen LogP contribution in [0.3, 0.4) is 0 Å². The van der Waals surface area contributed by atoms with Gasteiger partial charge in [0, 0.05) is 23.7 Å². The Kier molecular flexibility index (Phi) is 4.92. The zero-order chi connectivity index (χ0) is 20.8. The van der Waals surface area contributed by atoms with Crippen molar-refractivity contribution in [2.45, 2.75) is 38.0 Å². The van der Waals surface area contributed by atoms with E-state index in [-0.39, 0.29) is 24.2 Å². The summed E-state index contributed by atoms with van der Waals surface area (Å²) < 4.78 is 46.4. The van der Waals surface area contributed by atoms with Gasteiger partial charge in [-0.2, -0.15) is 13.2 Å². The minimum atomic E-state index is -5.00. The summed E-state index contributed by atoms with van der Waals surface area (Å²) in [4.78, 5) is 38.7. The Morgan fingerprint density at radius 2 is 2.00 bits per heavy atom. The number of hydrogen-bond acceptors (Lipinski definition) is 6. The molecule has 0 spiro atoms. The molecule has 0 saturated carbocycles. The number of ketones is 1. The molecule has 1 aromatic carbocycles. The van der Waals surface area contributed by atoms with Crippen LogP contribution in [0.25, 0.3) is 11.0 Å². The fourth-order valence-corrected chi connectivity index (χ4v) is 3.47. The first kappa shape index (κ1) is 19.9. The van der Waals surface area contributed by atoms with Crippen LogP contribution in [0.15, 0.2) is 27.4 Å². The third-order valence-corrected chi connectivity index (χ3v) is 4.69. The summed E-state index contributed by atoms with van der Waals surface area (Å²) in [5.74, 6) is -1.67. The van der Waals surface area contributed by atoms with Crippen LogP contribution in [0.5, 0.6) is 0 Å². The average molecular weight is 397 g/mol. The fourth-order valence-electron chi connectivity index (χ4n) is 3.47.